The maximum Gasteiger partial charge on any atom is 0.410 e. The molecule has 11 nitrogen and oxygen atoms in total. The first-order valence-corrected chi connectivity index (χ1v) is 16.8. The van der Waals surface area contributed by atoms with Gasteiger partial charge in [-0.1, -0.05) is 88.4 Å². The highest BCUT2D eigenvalue weighted by molar-refractivity contribution is 5.90. The lowest BCUT2D eigenvalue weighted by Gasteiger charge is -2.33. The van der Waals surface area contributed by atoms with E-state index in [4.69, 9.17) is 18.9 Å². The van der Waals surface area contributed by atoms with Crippen LogP contribution >= 0.6 is 0 Å². The number of hydrogen-bond donors (Lipinski definition) is 0. The Morgan fingerprint density at radius 2 is 1.12 bits per heavy atom. The maximum atomic E-state index is 14.2. The summed E-state index contributed by atoms with van der Waals surface area (Å²) in [5.41, 5.74) is 0.715. The molecule has 4 atom stereocenters. The zero-order valence-corrected chi connectivity index (χ0v) is 30.6. The Hall–Kier alpha value is -4.41. The van der Waals surface area contributed by atoms with Gasteiger partial charge in [-0.3, -0.25) is 9.69 Å². The van der Waals surface area contributed by atoms with Crippen molar-refractivity contribution in [2.24, 2.45) is 11.8 Å². The molecule has 2 amide bonds. The van der Waals surface area contributed by atoms with Crippen molar-refractivity contribution in [3.05, 3.63) is 71.8 Å². The van der Waals surface area contributed by atoms with Crippen LogP contribution in [0.5, 0.6) is 0 Å². The van der Waals surface area contributed by atoms with E-state index in [1.807, 2.05) is 64.1 Å². The molecule has 0 radical (unpaired) electrons. The van der Waals surface area contributed by atoms with Crippen LogP contribution in [0.4, 0.5) is 4.79 Å². The number of likely N-dealkylation sites (N-methyl/N-ethyl adjacent to an activating group) is 2. The van der Waals surface area contributed by atoms with Crippen molar-refractivity contribution in [2.75, 3.05) is 14.1 Å². The zero-order chi connectivity index (χ0) is 36.9. The number of ether oxygens (including phenoxy) is 4. The third kappa shape index (κ3) is 13.9. The molecule has 2 aromatic rings. The van der Waals surface area contributed by atoms with Gasteiger partial charge in [-0.25, -0.2) is 19.2 Å². The molecule has 0 heterocycles. The fourth-order valence-electron chi connectivity index (χ4n) is 4.93. The summed E-state index contributed by atoms with van der Waals surface area (Å²) in [6.45, 7) is 14.2. The highest BCUT2D eigenvalue weighted by atomic mass is 16.6. The van der Waals surface area contributed by atoms with Crippen LogP contribution in [-0.4, -0.2) is 83.7 Å². The fourth-order valence-corrected chi connectivity index (χ4v) is 4.93. The van der Waals surface area contributed by atoms with Gasteiger partial charge in [0, 0.05) is 20.5 Å². The van der Waals surface area contributed by atoms with E-state index in [9.17, 15) is 24.0 Å². The summed E-state index contributed by atoms with van der Waals surface area (Å²) in [6, 6.07) is 16.0. The molecule has 0 aliphatic carbocycles. The molecule has 49 heavy (non-hydrogen) atoms. The zero-order valence-electron chi connectivity index (χ0n) is 30.6. The van der Waals surface area contributed by atoms with E-state index >= 15 is 0 Å². The third-order valence-electron chi connectivity index (χ3n) is 7.54. The smallest absolute Gasteiger partial charge is 0.410 e. The second-order valence-corrected chi connectivity index (χ2v) is 14.1. The Morgan fingerprint density at radius 1 is 0.653 bits per heavy atom. The molecule has 0 N–H and O–H groups in total. The van der Waals surface area contributed by atoms with Crippen LogP contribution in [0.2, 0.25) is 0 Å². The van der Waals surface area contributed by atoms with Gasteiger partial charge in [0.25, 0.3) is 5.91 Å². The SMILES string of the molecule is CC(C)C[C@@H](C(=O)O[C@H](Cc1ccccc1)C(=O)N(C)[C@@H](CC(C)C)C(=O)O[C@H](C)C(=O)OCc1ccccc1)N(C)C(=O)OC(C)(C)C. The number of benzene rings is 2. The number of amides is 2. The summed E-state index contributed by atoms with van der Waals surface area (Å²) in [4.78, 5) is 69.5. The standard InChI is InChI=1S/C38H54N2O9/c1-25(2)21-30(35(43)47-27(5)34(42)46-24-29-19-15-12-16-20-29)39(9)33(41)32(23-28-17-13-11-14-18-28)48-36(44)31(22-26(3)4)40(10)37(45)49-38(6,7)8/h11-20,25-27,30-32H,21-24H2,1-10H3/t27-,30+,31+,32-/m1/s1. The Labute approximate surface area is 291 Å². The first-order chi connectivity index (χ1) is 22.9. The fraction of sp³-hybridized carbons (Fsp3) is 0.553. The first kappa shape index (κ1) is 40.8. The van der Waals surface area contributed by atoms with E-state index in [2.05, 4.69) is 0 Å². The van der Waals surface area contributed by atoms with E-state index in [1.165, 1.54) is 30.8 Å². The average Bonchev–Trinajstić information content (AvgIpc) is 3.03. The Kier molecular flexibility index (Phi) is 15.8. The normalized spacial score (nSPS) is 13.9. The van der Waals surface area contributed by atoms with Crippen molar-refractivity contribution in [1.82, 2.24) is 9.80 Å². The summed E-state index contributed by atoms with van der Waals surface area (Å²) < 4.78 is 22.3. The van der Waals surface area contributed by atoms with Crippen LogP contribution < -0.4 is 0 Å². The molecule has 0 unspecified atom stereocenters. The minimum atomic E-state index is -1.34. The molecule has 0 fully saturated rings. The van der Waals surface area contributed by atoms with Crippen LogP contribution in [0.25, 0.3) is 0 Å². The van der Waals surface area contributed by atoms with Crippen LogP contribution in [0.1, 0.15) is 79.4 Å². The number of rotatable bonds is 16. The van der Waals surface area contributed by atoms with Crippen LogP contribution in [0.15, 0.2) is 60.7 Å². The van der Waals surface area contributed by atoms with E-state index in [0.717, 1.165) is 11.1 Å². The largest absolute Gasteiger partial charge is 0.458 e. The Balaban J connectivity index is 2.32. The summed E-state index contributed by atoms with van der Waals surface area (Å²) in [6.07, 6.45) is -2.77. The van der Waals surface area contributed by atoms with Crippen molar-refractivity contribution < 1.29 is 42.9 Å². The van der Waals surface area contributed by atoms with E-state index < -0.39 is 59.8 Å². The second kappa shape index (κ2) is 19.0. The summed E-state index contributed by atoms with van der Waals surface area (Å²) >= 11 is 0. The predicted molar refractivity (Wildman–Crippen MR) is 185 cm³/mol. The lowest BCUT2D eigenvalue weighted by atomic mass is 10.0. The molecular formula is C38H54N2O9. The molecule has 0 spiro atoms. The molecule has 0 saturated carbocycles. The molecule has 2 aromatic carbocycles. The van der Waals surface area contributed by atoms with Gasteiger partial charge >= 0.3 is 24.0 Å². The van der Waals surface area contributed by atoms with Crippen LogP contribution in [-0.2, 0) is 51.2 Å². The lowest BCUT2D eigenvalue weighted by Crippen LogP contribution is -2.52. The quantitative estimate of drug-likeness (QED) is 0.155. The summed E-state index contributed by atoms with van der Waals surface area (Å²) in [5, 5.41) is 0. The molecule has 0 saturated heterocycles. The van der Waals surface area contributed by atoms with Gasteiger partial charge in [0.1, 0.15) is 24.3 Å². The van der Waals surface area contributed by atoms with Crippen molar-refractivity contribution in [2.45, 2.75) is 111 Å². The van der Waals surface area contributed by atoms with Crippen molar-refractivity contribution in [3.63, 3.8) is 0 Å². The number of nitrogens with zero attached hydrogens (tertiary/aromatic N) is 2. The number of esters is 3. The molecule has 270 valence electrons. The van der Waals surface area contributed by atoms with E-state index in [1.54, 1.807) is 45.0 Å². The average molecular weight is 683 g/mol. The van der Waals surface area contributed by atoms with Gasteiger partial charge in [-0.05, 0) is 63.5 Å². The number of carbonyl (C=O) groups is 5. The van der Waals surface area contributed by atoms with Gasteiger partial charge in [0.2, 0.25) is 0 Å². The van der Waals surface area contributed by atoms with E-state index in [0.29, 0.717) is 0 Å². The molecule has 2 rings (SSSR count). The monoisotopic (exact) mass is 682 g/mol. The van der Waals surface area contributed by atoms with Gasteiger partial charge in [0.15, 0.2) is 12.2 Å². The molecule has 0 aliphatic rings. The molecule has 0 aromatic heterocycles. The molecular weight excluding hydrogens is 628 g/mol. The van der Waals surface area contributed by atoms with Gasteiger partial charge in [-0.15, -0.1) is 0 Å². The van der Waals surface area contributed by atoms with Crippen molar-refractivity contribution >= 4 is 29.9 Å². The predicted octanol–water partition coefficient (Wildman–Crippen LogP) is 5.97. The molecule has 0 bridgehead atoms. The van der Waals surface area contributed by atoms with Gasteiger partial charge in [0.05, 0.1) is 0 Å². The summed E-state index contributed by atoms with van der Waals surface area (Å²) in [5.74, 6) is -2.97. The van der Waals surface area contributed by atoms with Gasteiger partial charge < -0.3 is 23.8 Å². The topological polar surface area (TPSA) is 129 Å². The number of hydrogen-bond acceptors (Lipinski definition) is 9. The minimum absolute atomic E-state index is 0.0000461. The van der Waals surface area contributed by atoms with Gasteiger partial charge in [-0.2, -0.15) is 0 Å². The van der Waals surface area contributed by atoms with Crippen LogP contribution in [0.3, 0.4) is 0 Å². The van der Waals surface area contributed by atoms with Crippen molar-refractivity contribution in [1.29, 1.82) is 0 Å². The summed E-state index contributed by atoms with van der Waals surface area (Å²) in [7, 11) is 2.91. The van der Waals surface area contributed by atoms with Crippen molar-refractivity contribution in [3.8, 4) is 0 Å². The third-order valence-corrected chi connectivity index (χ3v) is 7.54. The van der Waals surface area contributed by atoms with Crippen LogP contribution in [0, 0.1) is 11.8 Å². The lowest BCUT2D eigenvalue weighted by molar-refractivity contribution is -0.174. The minimum Gasteiger partial charge on any atom is -0.458 e. The Bertz CT molecular complexity index is 1370. The van der Waals surface area contributed by atoms with E-state index in [-0.39, 0.29) is 37.7 Å². The first-order valence-electron chi connectivity index (χ1n) is 16.8. The second-order valence-electron chi connectivity index (χ2n) is 14.1. The highest BCUT2D eigenvalue weighted by Crippen LogP contribution is 2.21. The Morgan fingerprint density at radius 3 is 1.61 bits per heavy atom. The molecule has 0 aliphatic heterocycles. The number of carbonyl (C=O) groups excluding carboxylic acids is 5. The maximum absolute atomic E-state index is 14.2. The highest BCUT2D eigenvalue weighted by Gasteiger charge is 2.39. The molecule has 11 heteroatoms.